The number of aryl methyl sites for hydroxylation is 1. The maximum absolute atomic E-state index is 12.1. The van der Waals surface area contributed by atoms with Crippen molar-refractivity contribution in [1.29, 1.82) is 0 Å². The van der Waals surface area contributed by atoms with Gasteiger partial charge in [-0.1, -0.05) is 30.3 Å². The molecule has 0 radical (unpaired) electrons. The highest BCUT2D eigenvalue weighted by Gasteiger charge is 2.36. The van der Waals surface area contributed by atoms with Crippen LogP contribution in [0.5, 0.6) is 0 Å². The molecule has 104 valence electrons. The van der Waals surface area contributed by atoms with Gasteiger partial charge in [-0.3, -0.25) is 20.7 Å². The first-order valence-corrected chi connectivity index (χ1v) is 6.30. The summed E-state index contributed by atoms with van der Waals surface area (Å²) in [5.74, 6) is 5.51. The van der Waals surface area contributed by atoms with Crippen LogP contribution >= 0.6 is 0 Å². The lowest BCUT2D eigenvalue weighted by molar-refractivity contribution is 0.0901. The Morgan fingerprint density at radius 2 is 2.15 bits per heavy atom. The maximum Gasteiger partial charge on any atom is 0.283 e. The number of hydrogen-bond donors (Lipinski definition) is 4. The first-order valence-electron chi connectivity index (χ1n) is 6.30. The number of aromatic nitrogens is 2. The van der Waals surface area contributed by atoms with E-state index in [1.807, 2.05) is 37.3 Å². The minimum atomic E-state index is -0.819. The van der Waals surface area contributed by atoms with Crippen molar-refractivity contribution in [1.82, 2.24) is 26.1 Å². The summed E-state index contributed by atoms with van der Waals surface area (Å²) in [6.07, 6.45) is 0. The second kappa shape index (κ2) is 4.71. The number of nitrogens with two attached hydrogens (primary N) is 1. The van der Waals surface area contributed by atoms with Crippen molar-refractivity contribution in [3.05, 3.63) is 53.3 Å². The highest BCUT2D eigenvalue weighted by molar-refractivity contribution is 5.92. The van der Waals surface area contributed by atoms with Crippen LogP contribution in [0.3, 0.4) is 0 Å². The largest absolute Gasteiger partial charge is 0.284 e. The van der Waals surface area contributed by atoms with E-state index in [1.165, 1.54) is 0 Å². The predicted molar refractivity (Wildman–Crippen MR) is 73.0 cm³/mol. The van der Waals surface area contributed by atoms with Gasteiger partial charge in [0.2, 0.25) is 0 Å². The second-order valence-electron chi connectivity index (χ2n) is 4.82. The van der Waals surface area contributed by atoms with E-state index in [1.54, 1.807) is 10.7 Å². The Morgan fingerprint density at radius 3 is 2.85 bits per heavy atom. The summed E-state index contributed by atoms with van der Waals surface area (Å²) in [5, 5.41) is 4.35. The third-order valence-electron chi connectivity index (χ3n) is 3.42. The third-order valence-corrected chi connectivity index (χ3v) is 3.42. The van der Waals surface area contributed by atoms with Gasteiger partial charge in [-0.05, 0) is 18.6 Å². The standard InChI is InChI=1S/C13H16N6O/c1-9-7-11-12(20)15-18-13(17-14,8-19(11)16-9)10-5-3-2-4-6-10/h2-7,17-18H,8,14H2,1H3,(H,15,20). The Balaban J connectivity index is 2.08. The fourth-order valence-electron chi connectivity index (χ4n) is 2.39. The molecule has 1 aliphatic rings. The van der Waals surface area contributed by atoms with Gasteiger partial charge in [0.1, 0.15) is 11.4 Å². The topological polar surface area (TPSA) is 97.0 Å². The molecule has 1 amide bonds. The maximum atomic E-state index is 12.1. The fourth-order valence-corrected chi connectivity index (χ4v) is 2.39. The average molecular weight is 272 g/mol. The summed E-state index contributed by atoms with van der Waals surface area (Å²) >= 11 is 0. The number of carbonyl (C=O) groups is 1. The number of carbonyl (C=O) groups excluding carboxylic acids is 1. The monoisotopic (exact) mass is 272 g/mol. The molecule has 0 bridgehead atoms. The molecular weight excluding hydrogens is 256 g/mol. The van der Waals surface area contributed by atoms with Gasteiger partial charge in [0.15, 0.2) is 0 Å². The van der Waals surface area contributed by atoms with Gasteiger partial charge >= 0.3 is 0 Å². The predicted octanol–water partition coefficient (Wildman–Crippen LogP) is -0.244. The molecule has 20 heavy (non-hydrogen) atoms. The van der Waals surface area contributed by atoms with Crippen molar-refractivity contribution in [2.45, 2.75) is 19.1 Å². The summed E-state index contributed by atoms with van der Waals surface area (Å²) in [5.41, 5.74) is 9.77. The number of nitrogens with one attached hydrogen (secondary N) is 3. The van der Waals surface area contributed by atoms with Gasteiger partial charge in [0, 0.05) is 0 Å². The van der Waals surface area contributed by atoms with Gasteiger partial charge < -0.3 is 0 Å². The molecule has 2 aromatic rings. The van der Waals surface area contributed by atoms with Crippen molar-refractivity contribution in [3.63, 3.8) is 0 Å². The van der Waals surface area contributed by atoms with Crippen LogP contribution in [0.15, 0.2) is 36.4 Å². The van der Waals surface area contributed by atoms with E-state index >= 15 is 0 Å². The number of amides is 1. The van der Waals surface area contributed by atoms with Crippen molar-refractivity contribution in [2.75, 3.05) is 0 Å². The van der Waals surface area contributed by atoms with Crippen LogP contribution in [-0.2, 0) is 12.2 Å². The van der Waals surface area contributed by atoms with Gasteiger partial charge in [-0.25, -0.2) is 10.9 Å². The molecular formula is C13H16N6O. The molecule has 7 nitrogen and oxygen atoms in total. The van der Waals surface area contributed by atoms with Crippen LogP contribution < -0.4 is 22.1 Å². The zero-order chi connectivity index (χ0) is 14.2. The number of benzene rings is 1. The van der Waals surface area contributed by atoms with Gasteiger partial charge in [0.05, 0.1) is 12.2 Å². The van der Waals surface area contributed by atoms with Crippen LogP contribution in [0.25, 0.3) is 0 Å². The second-order valence-corrected chi connectivity index (χ2v) is 4.82. The first kappa shape index (κ1) is 12.8. The van der Waals surface area contributed by atoms with E-state index in [-0.39, 0.29) is 5.91 Å². The zero-order valence-corrected chi connectivity index (χ0v) is 11.1. The molecule has 2 heterocycles. The van der Waals surface area contributed by atoms with E-state index < -0.39 is 5.66 Å². The minimum absolute atomic E-state index is 0.237. The van der Waals surface area contributed by atoms with Gasteiger partial charge in [-0.15, -0.1) is 0 Å². The lowest BCUT2D eigenvalue weighted by Crippen LogP contribution is -2.62. The highest BCUT2D eigenvalue weighted by Crippen LogP contribution is 2.22. The Bertz CT molecular complexity index is 638. The zero-order valence-electron chi connectivity index (χ0n) is 11.1. The third kappa shape index (κ3) is 1.97. The van der Waals surface area contributed by atoms with Crippen molar-refractivity contribution in [2.24, 2.45) is 5.84 Å². The Kier molecular flexibility index (Phi) is 3.01. The molecule has 7 heteroatoms. The Labute approximate surface area is 116 Å². The molecule has 0 aliphatic carbocycles. The molecule has 1 aromatic heterocycles. The smallest absolute Gasteiger partial charge is 0.283 e. The van der Waals surface area contributed by atoms with Crippen LogP contribution in [0.2, 0.25) is 0 Å². The molecule has 0 saturated carbocycles. The van der Waals surface area contributed by atoms with E-state index in [0.29, 0.717) is 12.2 Å². The molecule has 5 N–H and O–H groups in total. The van der Waals surface area contributed by atoms with E-state index in [9.17, 15) is 4.79 Å². The number of hydrogen-bond acceptors (Lipinski definition) is 5. The molecule has 1 aromatic carbocycles. The van der Waals surface area contributed by atoms with E-state index in [2.05, 4.69) is 21.4 Å². The number of hydrazine groups is 2. The number of nitrogens with zero attached hydrogens (tertiary/aromatic N) is 2. The lowest BCUT2D eigenvalue weighted by atomic mass is 10.0. The first-order chi connectivity index (χ1) is 9.64. The van der Waals surface area contributed by atoms with Crippen molar-refractivity contribution < 1.29 is 4.79 Å². The molecule has 1 atom stereocenters. The Hall–Kier alpha value is -2.22. The summed E-state index contributed by atoms with van der Waals surface area (Å²) in [7, 11) is 0. The van der Waals surface area contributed by atoms with Crippen LogP contribution in [0.1, 0.15) is 21.7 Å². The van der Waals surface area contributed by atoms with Crippen molar-refractivity contribution in [3.8, 4) is 0 Å². The molecule has 1 unspecified atom stereocenters. The summed E-state index contributed by atoms with van der Waals surface area (Å²) in [4.78, 5) is 12.1. The molecule has 0 spiro atoms. The summed E-state index contributed by atoms with van der Waals surface area (Å²) < 4.78 is 1.65. The number of fused-ring (bicyclic) bond motifs is 1. The summed E-state index contributed by atoms with van der Waals surface area (Å²) in [6.45, 7) is 2.23. The average Bonchev–Trinajstić information content (AvgIpc) is 2.78. The molecule has 0 saturated heterocycles. The Morgan fingerprint density at radius 1 is 1.40 bits per heavy atom. The number of rotatable bonds is 2. The molecule has 1 aliphatic heterocycles. The quantitative estimate of drug-likeness (QED) is 0.447. The summed E-state index contributed by atoms with van der Waals surface area (Å²) in [6, 6.07) is 11.4. The molecule has 3 rings (SSSR count). The lowest BCUT2D eigenvalue weighted by Gasteiger charge is -2.32. The normalized spacial score (nSPS) is 22.0. The minimum Gasteiger partial charge on any atom is -0.284 e. The van der Waals surface area contributed by atoms with E-state index in [4.69, 9.17) is 5.84 Å². The van der Waals surface area contributed by atoms with Gasteiger partial charge in [-0.2, -0.15) is 5.10 Å². The van der Waals surface area contributed by atoms with Crippen LogP contribution in [-0.4, -0.2) is 15.7 Å². The van der Waals surface area contributed by atoms with Crippen molar-refractivity contribution >= 4 is 5.91 Å². The van der Waals surface area contributed by atoms with Crippen LogP contribution in [0.4, 0.5) is 0 Å². The highest BCUT2D eigenvalue weighted by atomic mass is 16.2. The molecule has 0 fully saturated rings. The SMILES string of the molecule is Cc1cc2n(n1)CC(NN)(c1ccccc1)NNC2=O. The van der Waals surface area contributed by atoms with E-state index in [0.717, 1.165) is 11.3 Å². The fraction of sp³-hybridized carbons (Fsp3) is 0.231. The van der Waals surface area contributed by atoms with Crippen LogP contribution in [0, 0.1) is 6.92 Å². The van der Waals surface area contributed by atoms with Gasteiger partial charge in [0.25, 0.3) is 5.91 Å².